The normalized spacial score (nSPS) is 15.4. The molecule has 0 radical (unpaired) electrons. The van der Waals surface area contributed by atoms with Crippen molar-refractivity contribution in [3.63, 3.8) is 0 Å². The lowest BCUT2D eigenvalue weighted by Crippen LogP contribution is -2.27. The molecule has 2 heterocycles. The Labute approximate surface area is 210 Å². The molecule has 0 saturated carbocycles. The first kappa shape index (κ1) is 24.2. The van der Waals surface area contributed by atoms with Gasteiger partial charge in [-0.15, -0.1) is 0 Å². The quantitative estimate of drug-likeness (QED) is 0.352. The van der Waals surface area contributed by atoms with Gasteiger partial charge in [-0.25, -0.2) is 9.99 Å². The Kier molecular flexibility index (Phi) is 7.48. The molecule has 0 saturated heterocycles. The molecule has 176 valence electrons. The second-order valence-corrected chi connectivity index (χ2v) is 9.17. The molecular formula is C25H23BrClN3O4. The van der Waals surface area contributed by atoms with E-state index in [9.17, 15) is 9.59 Å². The number of carbonyl (C=O) groups excluding carboxylic acids is 1. The fourth-order valence-corrected chi connectivity index (χ4v) is 4.67. The average molecular weight is 545 g/mol. The largest absolute Gasteiger partial charge is 0.492 e. The molecule has 9 heteroatoms. The number of aliphatic carboxylic acids is 1. The van der Waals surface area contributed by atoms with Gasteiger partial charge in [0.2, 0.25) is 5.91 Å². The summed E-state index contributed by atoms with van der Waals surface area (Å²) in [4.78, 5) is 28.6. The molecule has 1 N–H and O–H groups in total. The highest BCUT2D eigenvalue weighted by molar-refractivity contribution is 9.10. The first-order valence-electron chi connectivity index (χ1n) is 11.0. The average Bonchev–Trinajstić information content (AvgIpc) is 3.24. The van der Waals surface area contributed by atoms with Crippen LogP contribution in [0.1, 0.15) is 49.8 Å². The van der Waals surface area contributed by atoms with Crippen molar-refractivity contribution in [2.24, 2.45) is 5.10 Å². The molecule has 4 rings (SSSR count). The molecule has 7 nitrogen and oxygen atoms in total. The number of pyridine rings is 1. The van der Waals surface area contributed by atoms with Crippen LogP contribution < -0.4 is 4.74 Å². The maximum atomic E-state index is 13.1. The van der Waals surface area contributed by atoms with E-state index in [0.29, 0.717) is 29.9 Å². The van der Waals surface area contributed by atoms with Crippen LogP contribution in [0.2, 0.25) is 5.15 Å². The lowest BCUT2D eigenvalue weighted by molar-refractivity contribution is -0.137. The Balaban J connectivity index is 1.72. The Morgan fingerprint density at radius 2 is 2.00 bits per heavy atom. The SMILES string of the molecule is CCOc1cccc2cc([C@@H]3CC(c4cccc(Br)c4)=NN3C(=O)CCCC(=O)O)c(Cl)nc12. The molecule has 0 spiro atoms. The van der Waals surface area contributed by atoms with Crippen molar-refractivity contribution in [1.82, 2.24) is 9.99 Å². The van der Waals surface area contributed by atoms with E-state index >= 15 is 0 Å². The van der Waals surface area contributed by atoms with Crippen molar-refractivity contribution in [2.75, 3.05) is 6.61 Å². The molecule has 3 aromatic rings. The summed E-state index contributed by atoms with van der Waals surface area (Å²) in [6.45, 7) is 2.41. The van der Waals surface area contributed by atoms with Crippen LogP contribution in [0, 0.1) is 0 Å². The summed E-state index contributed by atoms with van der Waals surface area (Å²) in [5, 5.41) is 16.1. The number of carboxylic acid groups (broad SMARTS) is 1. The van der Waals surface area contributed by atoms with Crippen molar-refractivity contribution in [3.05, 3.63) is 69.3 Å². The van der Waals surface area contributed by atoms with Gasteiger partial charge in [-0.1, -0.05) is 51.8 Å². The summed E-state index contributed by atoms with van der Waals surface area (Å²) in [5.41, 5.74) is 2.98. The summed E-state index contributed by atoms with van der Waals surface area (Å²) < 4.78 is 6.59. The van der Waals surface area contributed by atoms with Gasteiger partial charge in [0.15, 0.2) is 0 Å². The minimum atomic E-state index is -0.934. The number of aromatic nitrogens is 1. The zero-order valence-corrected chi connectivity index (χ0v) is 20.8. The van der Waals surface area contributed by atoms with Gasteiger partial charge >= 0.3 is 5.97 Å². The van der Waals surface area contributed by atoms with Crippen LogP contribution in [0.3, 0.4) is 0 Å². The first-order valence-corrected chi connectivity index (χ1v) is 12.1. The summed E-state index contributed by atoms with van der Waals surface area (Å²) in [6.07, 6.45) is 0.690. The summed E-state index contributed by atoms with van der Waals surface area (Å²) >= 11 is 10.1. The second kappa shape index (κ2) is 10.5. The minimum absolute atomic E-state index is 0.0746. The van der Waals surface area contributed by atoms with Crippen LogP contribution in [0.5, 0.6) is 5.75 Å². The first-order chi connectivity index (χ1) is 16.4. The van der Waals surface area contributed by atoms with Gasteiger partial charge in [0.1, 0.15) is 16.4 Å². The van der Waals surface area contributed by atoms with Crippen LogP contribution >= 0.6 is 27.5 Å². The number of carboxylic acids is 1. The van der Waals surface area contributed by atoms with Gasteiger partial charge in [0.25, 0.3) is 0 Å². The zero-order chi connectivity index (χ0) is 24.2. The van der Waals surface area contributed by atoms with Crippen molar-refractivity contribution >= 4 is 56.0 Å². The number of ether oxygens (including phenoxy) is 1. The number of rotatable bonds is 8. The van der Waals surface area contributed by atoms with Gasteiger partial charge < -0.3 is 9.84 Å². The van der Waals surface area contributed by atoms with Gasteiger partial charge in [-0.3, -0.25) is 9.59 Å². The van der Waals surface area contributed by atoms with Crippen molar-refractivity contribution in [2.45, 2.75) is 38.6 Å². The van der Waals surface area contributed by atoms with Crippen LogP contribution in [0.25, 0.3) is 10.9 Å². The number of hydrogen-bond acceptors (Lipinski definition) is 5. The molecule has 0 bridgehead atoms. The van der Waals surface area contributed by atoms with Crippen LogP contribution in [0.4, 0.5) is 0 Å². The molecule has 0 aliphatic carbocycles. The van der Waals surface area contributed by atoms with Crippen LogP contribution in [-0.4, -0.2) is 39.3 Å². The third-order valence-corrected chi connectivity index (χ3v) is 6.35. The number of benzene rings is 2. The van der Waals surface area contributed by atoms with Crippen molar-refractivity contribution in [1.29, 1.82) is 0 Å². The molecule has 34 heavy (non-hydrogen) atoms. The minimum Gasteiger partial charge on any atom is -0.492 e. The fraction of sp³-hybridized carbons (Fsp3) is 0.280. The van der Waals surface area contributed by atoms with E-state index in [4.69, 9.17) is 21.4 Å². The standard InChI is InChI=1S/C25H23BrClN3O4/c1-2-34-21-9-4-7-16-13-18(25(27)28-24(16)21)20-14-19(15-6-3-8-17(26)12-15)29-30(20)22(31)10-5-11-23(32)33/h3-4,6-9,12-13,20H,2,5,10-11,14H2,1H3,(H,32,33)/t20-/m0/s1. The highest BCUT2D eigenvalue weighted by atomic mass is 79.9. The molecule has 1 atom stereocenters. The van der Waals surface area contributed by atoms with Crippen molar-refractivity contribution < 1.29 is 19.4 Å². The Bertz CT molecular complexity index is 1280. The molecular weight excluding hydrogens is 522 g/mol. The third-order valence-electron chi connectivity index (χ3n) is 5.55. The third kappa shape index (κ3) is 5.23. The number of fused-ring (bicyclic) bond motifs is 1. The molecule has 2 aromatic carbocycles. The molecule has 1 aromatic heterocycles. The van der Waals surface area contributed by atoms with E-state index in [1.54, 1.807) is 0 Å². The second-order valence-electron chi connectivity index (χ2n) is 7.89. The van der Waals surface area contributed by atoms with E-state index < -0.39 is 12.0 Å². The van der Waals surface area contributed by atoms with Crippen molar-refractivity contribution in [3.8, 4) is 5.75 Å². The topological polar surface area (TPSA) is 92.1 Å². The maximum Gasteiger partial charge on any atom is 0.303 e. The number of halogens is 2. The Hall–Kier alpha value is -2.97. The summed E-state index contributed by atoms with van der Waals surface area (Å²) in [6, 6.07) is 14.8. The number of para-hydroxylation sites is 1. The Morgan fingerprint density at radius 3 is 2.74 bits per heavy atom. The van der Waals surface area contributed by atoms with Gasteiger partial charge in [0, 0.05) is 34.7 Å². The van der Waals surface area contributed by atoms with Crippen LogP contribution in [0.15, 0.2) is 58.1 Å². The van der Waals surface area contributed by atoms with E-state index in [1.807, 2.05) is 55.5 Å². The lowest BCUT2D eigenvalue weighted by atomic mass is 9.98. The predicted molar refractivity (Wildman–Crippen MR) is 134 cm³/mol. The molecule has 1 aliphatic heterocycles. The number of hydrogen-bond donors (Lipinski definition) is 1. The van der Waals surface area contributed by atoms with Crippen LogP contribution in [-0.2, 0) is 9.59 Å². The zero-order valence-electron chi connectivity index (χ0n) is 18.5. The predicted octanol–water partition coefficient (Wildman–Crippen LogP) is 5.98. The van der Waals surface area contributed by atoms with E-state index in [0.717, 1.165) is 21.1 Å². The van der Waals surface area contributed by atoms with E-state index in [1.165, 1.54) is 5.01 Å². The number of hydrazone groups is 1. The fourth-order valence-electron chi connectivity index (χ4n) is 4.00. The highest BCUT2D eigenvalue weighted by Gasteiger charge is 2.35. The maximum absolute atomic E-state index is 13.1. The molecule has 1 aliphatic rings. The molecule has 1 amide bonds. The van der Waals surface area contributed by atoms with E-state index in [2.05, 4.69) is 26.0 Å². The van der Waals surface area contributed by atoms with E-state index in [-0.39, 0.29) is 30.3 Å². The Morgan fingerprint density at radius 1 is 1.21 bits per heavy atom. The molecule has 0 unspecified atom stereocenters. The summed E-state index contributed by atoms with van der Waals surface area (Å²) in [7, 11) is 0. The van der Waals surface area contributed by atoms with Gasteiger partial charge in [0.05, 0.1) is 18.4 Å². The lowest BCUT2D eigenvalue weighted by Gasteiger charge is -2.23. The van der Waals surface area contributed by atoms with Gasteiger partial charge in [-0.2, -0.15) is 5.10 Å². The molecule has 0 fully saturated rings. The summed E-state index contributed by atoms with van der Waals surface area (Å²) in [5.74, 6) is -0.543. The smallest absolute Gasteiger partial charge is 0.303 e. The number of amides is 1. The highest BCUT2D eigenvalue weighted by Crippen LogP contribution is 2.39. The number of carbonyl (C=O) groups is 2. The monoisotopic (exact) mass is 543 g/mol. The van der Waals surface area contributed by atoms with Gasteiger partial charge in [-0.05, 0) is 43.2 Å². The number of nitrogens with zero attached hydrogens (tertiary/aromatic N) is 3.